The first-order valence-corrected chi connectivity index (χ1v) is 6.65. The Bertz CT molecular complexity index is 495. The Hall–Kier alpha value is -1.68. The van der Waals surface area contributed by atoms with Crippen LogP contribution in [0.5, 0.6) is 0 Å². The number of hydrogen-bond donors (Lipinski definition) is 0. The number of rotatable bonds is 6. The van der Waals surface area contributed by atoms with Crippen LogP contribution in [0.15, 0.2) is 35.1 Å². The summed E-state index contributed by atoms with van der Waals surface area (Å²) < 4.78 is 5.65. The SMILES string of the molecule is Cc1ccc(C(C)CCN(C)Cc2cnccn2)o1. The highest BCUT2D eigenvalue weighted by Gasteiger charge is 2.11. The average molecular weight is 259 g/mol. The van der Waals surface area contributed by atoms with Gasteiger partial charge in [0.15, 0.2) is 0 Å². The van der Waals surface area contributed by atoms with Gasteiger partial charge in [-0.3, -0.25) is 9.97 Å². The second-order valence-corrected chi connectivity index (χ2v) is 5.07. The van der Waals surface area contributed by atoms with Crippen LogP contribution in [-0.4, -0.2) is 28.5 Å². The van der Waals surface area contributed by atoms with Gasteiger partial charge in [0, 0.05) is 31.1 Å². The Kier molecular flexibility index (Phi) is 4.68. The molecule has 2 rings (SSSR count). The van der Waals surface area contributed by atoms with Gasteiger partial charge >= 0.3 is 0 Å². The van der Waals surface area contributed by atoms with E-state index in [1.165, 1.54) is 0 Å². The predicted molar refractivity (Wildman–Crippen MR) is 74.8 cm³/mol. The second-order valence-electron chi connectivity index (χ2n) is 5.07. The predicted octanol–water partition coefficient (Wildman–Crippen LogP) is 3.00. The van der Waals surface area contributed by atoms with Crippen molar-refractivity contribution in [3.63, 3.8) is 0 Å². The van der Waals surface area contributed by atoms with E-state index in [2.05, 4.69) is 34.9 Å². The van der Waals surface area contributed by atoms with Gasteiger partial charge in [0.1, 0.15) is 11.5 Å². The minimum Gasteiger partial charge on any atom is -0.466 e. The molecule has 0 aliphatic heterocycles. The summed E-state index contributed by atoms with van der Waals surface area (Å²) >= 11 is 0. The van der Waals surface area contributed by atoms with Crippen molar-refractivity contribution in [3.05, 3.63) is 47.9 Å². The molecule has 0 spiro atoms. The summed E-state index contributed by atoms with van der Waals surface area (Å²) in [7, 11) is 2.11. The third kappa shape index (κ3) is 4.17. The average Bonchev–Trinajstić information content (AvgIpc) is 2.84. The van der Waals surface area contributed by atoms with Crippen molar-refractivity contribution in [3.8, 4) is 0 Å². The Labute approximate surface area is 114 Å². The molecule has 0 bridgehead atoms. The van der Waals surface area contributed by atoms with Crippen molar-refractivity contribution >= 4 is 0 Å². The Balaban J connectivity index is 1.79. The molecule has 0 N–H and O–H groups in total. The van der Waals surface area contributed by atoms with Gasteiger partial charge in [-0.2, -0.15) is 0 Å². The van der Waals surface area contributed by atoms with E-state index in [0.717, 1.165) is 36.7 Å². The van der Waals surface area contributed by atoms with Gasteiger partial charge in [0.2, 0.25) is 0 Å². The van der Waals surface area contributed by atoms with Crippen molar-refractivity contribution in [1.82, 2.24) is 14.9 Å². The fraction of sp³-hybridized carbons (Fsp3) is 0.467. The molecule has 19 heavy (non-hydrogen) atoms. The summed E-state index contributed by atoms with van der Waals surface area (Å²) in [4.78, 5) is 10.6. The molecule has 4 nitrogen and oxygen atoms in total. The van der Waals surface area contributed by atoms with Crippen LogP contribution in [0.25, 0.3) is 0 Å². The first kappa shape index (κ1) is 13.7. The zero-order valence-electron chi connectivity index (χ0n) is 11.8. The lowest BCUT2D eigenvalue weighted by atomic mass is 10.1. The van der Waals surface area contributed by atoms with Crippen LogP contribution in [0.2, 0.25) is 0 Å². The third-order valence-corrected chi connectivity index (χ3v) is 3.24. The van der Waals surface area contributed by atoms with Gasteiger partial charge in [-0.05, 0) is 39.1 Å². The molecule has 0 aromatic carbocycles. The van der Waals surface area contributed by atoms with E-state index in [4.69, 9.17) is 4.42 Å². The lowest BCUT2D eigenvalue weighted by Gasteiger charge is -2.17. The molecule has 2 heterocycles. The summed E-state index contributed by atoms with van der Waals surface area (Å²) in [6.07, 6.45) is 6.32. The smallest absolute Gasteiger partial charge is 0.107 e. The van der Waals surface area contributed by atoms with Gasteiger partial charge in [-0.15, -0.1) is 0 Å². The fourth-order valence-electron chi connectivity index (χ4n) is 2.04. The molecule has 0 aliphatic carbocycles. The summed E-state index contributed by atoms with van der Waals surface area (Å²) in [5, 5.41) is 0. The standard InChI is InChI=1S/C15H21N3O/c1-12(15-5-4-13(2)19-15)6-9-18(3)11-14-10-16-7-8-17-14/h4-5,7-8,10,12H,6,9,11H2,1-3H3. The molecule has 2 aromatic rings. The third-order valence-electron chi connectivity index (χ3n) is 3.24. The van der Waals surface area contributed by atoms with Crippen LogP contribution >= 0.6 is 0 Å². The molecular weight excluding hydrogens is 238 g/mol. The molecule has 102 valence electrons. The van der Waals surface area contributed by atoms with Crippen molar-refractivity contribution in [2.24, 2.45) is 0 Å². The fourth-order valence-corrected chi connectivity index (χ4v) is 2.04. The largest absolute Gasteiger partial charge is 0.466 e. The number of aryl methyl sites for hydroxylation is 1. The van der Waals surface area contributed by atoms with Crippen LogP contribution in [0.4, 0.5) is 0 Å². The highest BCUT2D eigenvalue weighted by Crippen LogP contribution is 2.21. The Morgan fingerprint density at radius 3 is 2.79 bits per heavy atom. The molecule has 0 radical (unpaired) electrons. The Morgan fingerprint density at radius 1 is 1.32 bits per heavy atom. The van der Waals surface area contributed by atoms with Gasteiger partial charge in [-0.25, -0.2) is 0 Å². The van der Waals surface area contributed by atoms with Crippen LogP contribution in [0, 0.1) is 6.92 Å². The van der Waals surface area contributed by atoms with E-state index in [1.54, 1.807) is 12.4 Å². The molecule has 1 unspecified atom stereocenters. The molecular formula is C15H21N3O. The number of nitrogens with zero attached hydrogens (tertiary/aromatic N) is 3. The maximum absolute atomic E-state index is 5.65. The molecule has 0 saturated carbocycles. The minimum absolute atomic E-state index is 0.443. The quantitative estimate of drug-likeness (QED) is 0.799. The first-order valence-electron chi connectivity index (χ1n) is 6.65. The molecule has 4 heteroatoms. The summed E-state index contributed by atoms with van der Waals surface area (Å²) in [6, 6.07) is 4.10. The summed E-state index contributed by atoms with van der Waals surface area (Å²) in [5.74, 6) is 2.50. The maximum Gasteiger partial charge on any atom is 0.107 e. The maximum atomic E-state index is 5.65. The molecule has 0 saturated heterocycles. The van der Waals surface area contributed by atoms with E-state index in [0.29, 0.717) is 5.92 Å². The van der Waals surface area contributed by atoms with Crippen LogP contribution < -0.4 is 0 Å². The molecule has 2 aromatic heterocycles. The topological polar surface area (TPSA) is 42.2 Å². The van der Waals surface area contributed by atoms with Crippen LogP contribution in [-0.2, 0) is 6.54 Å². The summed E-state index contributed by atoms with van der Waals surface area (Å²) in [5.41, 5.74) is 1.01. The van der Waals surface area contributed by atoms with Gasteiger partial charge in [0.05, 0.1) is 5.69 Å². The number of hydrogen-bond acceptors (Lipinski definition) is 4. The van der Waals surface area contributed by atoms with E-state index >= 15 is 0 Å². The van der Waals surface area contributed by atoms with Crippen molar-refractivity contribution in [2.75, 3.05) is 13.6 Å². The minimum atomic E-state index is 0.443. The second kappa shape index (κ2) is 6.48. The number of furan rings is 1. The van der Waals surface area contributed by atoms with Crippen LogP contribution in [0.1, 0.15) is 36.5 Å². The first-order chi connectivity index (χ1) is 9.15. The lowest BCUT2D eigenvalue weighted by Crippen LogP contribution is -2.21. The monoisotopic (exact) mass is 259 g/mol. The molecule has 0 fully saturated rings. The van der Waals surface area contributed by atoms with Crippen LogP contribution in [0.3, 0.4) is 0 Å². The zero-order valence-corrected chi connectivity index (χ0v) is 11.8. The highest BCUT2D eigenvalue weighted by molar-refractivity contribution is 5.09. The van der Waals surface area contributed by atoms with Gasteiger partial charge in [-0.1, -0.05) is 6.92 Å². The van der Waals surface area contributed by atoms with Gasteiger partial charge in [0.25, 0.3) is 0 Å². The highest BCUT2D eigenvalue weighted by atomic mass is 16.3. The lowest BCUT2D eigenvalue weighted by molar-refractivity contribution is 0.301. The van der Waals surface area contributed by atoms with E-state index in [9.17, 15) is 0 Å². The van der Waals surface area contributed by atoms with Crippen molar-refractivity contribution in [2.45, 2.75) is 32.7 Å². The zero-order chi connectivity index (χ0) is 13.7. The normalized spacial score (nSPS) is 12.8. The molecule has 1 atom stereocenters. The van der Waals surface area contributed by atoms with Gasteiger partial charge < -0.3 is 9.32 Å². The van der Waals surface area contributed by atoms with E-state index < -0.39 is 0 Å². The van der Waals surface area contributed by atoms with Crippen molar-refractivity contribution in [1.29, 1.82) is 0 Å². The molecule has 0 amide bonds. The van der Waals surface area contributed by atoms with E-state index in [-0.39, 0.29) is 0 Å². The summed E-state index contributed by atoms with van der Waals surface area (Å²) in [6.45, 7) is 6.03. The Morgan fingerprint density at radius 2 is 2.16 bits per heavy atom. The van der Waals surface area contributed by atoms with E-state index in [1.807, 2.05) is 19.2 Å². The molecule has 0 aliphatic rings. The number of aromatic nitrogens is 2. The van der Waals surface area contributed by atoms with Crippen molar-refractivity contribution < 1.29 is 4.42 Å².